The first kappa shape index (κ1) is 21.1. The first-order valence-corrected chi connectivity index (χ1v) is 9.94. The fourth-order valence-corrected chi connectivity index (χ4v) is 3.73. The summed E-state index contributed by atoms with van der Waals surface area (Å²) < 4.78 is 5.70. The molecule has 0 bridgehead atoms. The number of nitrogens with one attached hydrogen (secondary N) is 1. The van der Waals surface area contributed by atoms with E-state index in [-0.39, 0.29) is 30.7 Å². The normalized spacial score (nSPS) is 30.0. The van der Waals surface area contributed by atoms with Crippen LogP contribution in [0.4, 0.5) is 0 Å². The third kappa shape index (κ3) is 5.18. The number of piperidine rings is 1. The van der Waals surface area contributed by atoms with Crippen LogP contribution < -0.4 is 5.32 Å². The first-order valence-electron chi connectivity index (χ1n) is 9.94. The van der Waals surface area contributed by atoms with Gasteiger partial charge in [0, 0.05) is 25.6 Å². The molecule has 0 radical (unpaired) electrons. The Labute approximate surface area is 156 Å². The van der Waals surface area contributed by atoms with E-state index >= 15 is 0 Å². The summed E-state index contributed by atoms with van der Waals surface area (Å²) in [5.74, 6) is 0.465. The molecular weight excluding hydrogens is 336 g/mol. The van der Waals surface area contributed by atoms with Gasteiger partial charge in [-0.05, 0) is 31.6 Å². The Balaban J connectivity index is 1.82. The molecule has 0 spiro atoms. The average Bonchev–Trinajstić information content (AvgIpc) is 2.89. The van der Waals surface area contributed by atoms with E-state index in [1.807, 2.05) is 18.7 Å². The topological polar surface area (TPSA) is 99.1 Å². The maximum absolute atomic E-state index is 12.4. The number of carbonyl (C=O) groups excluding carboxylic acids is 2. The van der Waals surface area contributed by atoms with E-state index in [1.165, 1.54) is 0 Å². The molecule has 0 saturated carbocycles. The van der Waals surface area contributed by atoms with E-state index in [2.05, 4.69) is 12.2 Å². The van der Waals surface area contributed by atoms with Crippen LogP contribution in [0.3, 0.4) is 0 Å². The van der Waals surface area contributed by atoms with Crippen LogP contribution in [-0.4, -0.2) is 71.0 Å². The molecule has 7 nitrogen and oxygen atoms in total. The molecule has 2 aliphatic rings. The minimum atomic E-state index is -1.11. The molecule has 2 heterocycles. The van der Waals surface area contributed by atoms with Crippen LogP contribution in [0.15, 0.2) is 0 Å². The van der Waals surface area contributed by atoms with Gasteiger partial charge in [-0.3, -0.25) is 9.59 Å². The zero-order chi connectivity index (χ0) is 19.3. The van der Waals surface area contributed by atoms with Crippen molar-refractivity contribution in [2.75, 3.05) is 19.6 Å². The minimum absolute atomic E-state index is 0.0464. The smallest absolute Gasteiger partial charge is 0.225 e. The summed E-state index contributed by atoms with van der Waals surface area (Å²) in [4.78, 5) is 26.3. The van der Waals surface area contributed by atoms with Gasteiger partial charge < -0.3 is 25.2 Å². The molecule has 0 aliphatic carbocycles. The second kappa shape index (κ2) is 9.67. The van der Waals surface area contributed by atoms with Crippen LogP contribution in [0.1, 0.15) is 52.9 Å². The molecular formula is C19H34N2O5. The maximum atomic E-state index is 12.4. The third-order valence-corrected chi connectivity index (χ3v) is 5.81. The second-order valence-electron chi connectivity index (χ2n) is 7.72. The molecule has 4 atom stereocenters. The first-order chi connectivity index (χ1) is 12.4. The van der Waals surface area contributed by atoms with Crippen LogP contribution in [0.25, 0.3) is 0 Å². The minimum Gasteiger partial charge on any atom is -0.388 e. The standard InChI is InChI=1S/C19H34N2O5/c1-4-13(5-2)19(25)20-11-15-18(24)17(23)14(26-15)10-16(22)21-8-6-12(3)7-9-21/h12-15,17-18,23-24H,4-11H2,1-3H3,(H,20,25)/t14-,15+,17-,18+/m0/s1. The van der Waals surface area contributed by atoms with Crippen molar-refractivity contribution < 1.29 is 24.5 Å². The summed E-state index contributed by atoms with van der Waals surface area (Å²) in [6.07, 6.45) is -0.0812. The highest BCUT2D eigenvalue weighted by molar-refractivity contribution is 5.78. The van der Waals surface area contributed by atoms with Crippen molar-refractivity contribution in [1.29, 1.82) is 0 Å². The second-order valence-corrected chi connectivity index (χ2v) is 7.72. The van der Waals surface area contributed by atoms with Crippen LogP contribution in [0.2, 0.25) is 0 Å². The van der Waals surface area contributed by atoms with Crippen LogP contribution in [0.5, 0.6) is 0 Å². The van der Waals surface area contributed by atoms with Gasteiger partial charge in [0.05, 0.1) is 12.5 Å². The zero-order valence-corrected chi connectivity index (χ0v) is 16.2. The molecule has 0 unspecified atom stereocenters. The molecule has 150 valence electrons. The number of rotatable bonds is 7. The Morgan fingerprint density at radius 1 is 1.12 bits per heavy atom. The summed E-state index contributed by atoms with van der Waals surface area (Å²) in [6, 6.07) is 0. The van der Waals surface area contributed by atoms with E-state index in [0.29, 0.717) is 5.92 Å². The molecule has 2 rings (SSSR count). The van der Waals surface area contributed by atoms with Gasteiger partial charge in [-0.25, -0.2) is 0 Å². The van der Waals surface area contributed by atoms with Crippen molar-refractivity contribution in [2.45, 2.75) is 77.3 Å². The number of likely N-dealkylation sites (tertiary alicyclic amines) is 1. The SMILES string of the molecule is CCC(CC)C(=O)NC[C@H]1O[C@@H](CC(=O)N2CCC(C)CC2)[C@H](O)[C@@H]1O. The lowest BCUT2D eigenvalue weighted by molar-refractivity contribution is -0.137. The molecule has 7 heteroatoms. The number of amides is 2. The van der Waals surface area contributed by atoms with Crippen LogP contribution in [-0.2, 0) is 14.3 Å². The molecule has 26 heavy (non-hydrogen) atoms. The lowest BCUT2D eigenvalue weighted by atomic mass is 9.98. The Kier molecular flexibility index (Phi) is 7.85. The van der Waals surface area contributed by atoms with Crippen molar-refractivity contribution in [2.24, 2.45) is 11.8 Å². The number of hydrogen-bond donors (Lipinski definition) is 3. The predicted octanol–water partition coefficient (Wildman–Crippen LogP) is 0.677. The van der Waals surface area contributed by atoms with E-state index in [0.717, 1.165) is 38.8 Å². The van der Waals surface area contributed by atoms with Crippen LogP contribution >= 0.6 is 0 Å². The van der Waals surface area contributed by atoms with Crippen molar-refractivity contribution in [1.82, 2.24) is 10.2 Å². The average molecular weight is 370 g/mol. The van der Waals surface area contributed by atoms with Gasteiger partial charge in [0.25, 0.3) is 0 Å². The number of hydrogen-bond acceptors (Lipinski definition) is 5. The Hall–Kier alpha value is -1.18. The van der Waals surface area contributed by atoms with E-state index in [1.54, 1.807) is 0 Å². The zero-order valence-electron chi connectivity index (χ0n) is 16.2. The summed E-state index contributed by atoms with van der Waals surface area (Å²) in [5, 5.41) is 23.2. The molecule has 0 aromatic rings. The largest absolute Gasteiger partial charge is 0.388 e. The van der Waals surface area contributed by atoms with Gasteiger partial charge >= 0.3 is 0 Å². The lowest BCUT2D eigenvalue weighted by Crippen LogP contribution is -2.42. The Bertz CT molecular complexity index is 475. The summed E-state index contributed by atoms with van der Waals surface area (Å²) in [6.45, 7) is 7.71. The van der Waals surface area contributed by atoms with Crippen molar-refractivity contribution in [3.8, 4) is 0 Å². The fraction of sp³-hybridized carbons (Fsp3) is 0.895. The van der Waals surface area contributed by atoms with Crippen LogP contribution in [0, 0.1) is 11.8 Å². The van der Waals surface area contributed by atoms with Crippen molar-refractivity contribution >= 4 is 11.8 Å². The quantitative estimate of drug-likeness (QED) is 0.612. The van der Waals surface area contributed by atoms with E-state index in [9.17, 15) is 19.8 Å². The number of carbonyl (C=O) groups is 2. The molecule has 2 fully saturated rings. The number of aliphatic hydroxyl groups is 2. The summed E-state index contributed by atoms with van der Waals surface area (Å²) in [5.41, 5.74) is 0. The van der Waals surface area contributed by atoms with Gasteiger partial charge in [0.2, 0.25) is 11.8 Å². The van der Waals surface area contributed by atoms with Gasteiger partial charge in [0.1, 0.15) is 18.3 Å². The molecule has 0 aromatic carbocycles. The number of ether oxygens (including phenoxy) is 1. The van der Waals surface area contributed by atoms with Crippen molar-refractivity contribution in [3.63, 3.8) is 0 Å². The van der Waals surface area contributed by atoms with Gasteiger partial charge in [0.15, 0.2) is 0 Å². The third-order valence-electron chi connectivity index (χ3n) is 5.81. The summed E-state index contributed by atoms with van der Waals surface area (Å²) >= 11 is 0. The lowest BCUT2D eigenvalue weighted by Gasteiger charge is -2.31. The monoisotopic (exact) mass is 370 g/mol. The van der Waals surface area contributed by atoms with Gasteiger partial charge in [-0.1, -0.05) is 20.8 Å². The summed E-state index contributed by atoms with van der Waals surface area (Å²) in [7, 11) is 0. The molecule has 0 aromatic heterocycles. The molecule has 3 N–H and O–H groups in total. The van der Waals surface area contributed by atoms with Gasteiger partial charge in [-0.2, -0.15) is 0 Å². The highest BCUT2D eigenvalue weighted by Crippen LogP contribution is 2.25. The highest BCUT2D eigenvalue weighted by Gasteiger charge is 2.44. The Morgan fingerprint density at radius 2 is 1.69 bits per heavy atom. The molecule has 2 amide bonds. The fourth-order valence-electron chi connectivity index (χ4n) is 3.73. The molecule has 2 aliphatic heterocycles. The molecule has 2 saturated heterocycles. The Morgan fingerprint density at radius 3 is 2.27 bits per heavy atom. The highest BCUT2D eigenvalue weighted by atomic mass is 16.5. The number of nitrogens with zero attached hydrogens (tertiary/aromatic N) is 1. The maximum Gasteiger partial charge on any atom is 0.225 e. The predicted molar refractivity (Wildman–Crippen MR) is 97.4 cm³/mol. The van der Waals surface area contributed by atoms with Gasteiger partial charge in [-0.15, -0.1) is 0 Å². The van der Waals surface area contributed by atoms with E-state index in [4.69, 9.17) is 4.74 Å². The van der Waals surface area contributed by atoms with Crippen molar-refractivity contribution in [3.05, 3.63) is 0 Å². The number of aliphatic hydroxyl groups excluding tert-OH is 2. The van der Waals surface area contributed by atoms with E-state index < -0.39 is 24.4 Å².